The van der Waals surface area contributed by atoms with Crippen molar-refractivity contribution in [1.82, 2.24) is 20.0 Å². The molecule has 0 spiro atoms. The number of fused-ring (bicyclic) bond motifs is 1. The number of rotatable bonds is 6. The largest absolute Gasteiger partial charge is 0.445 e. The summed E-state index contributed by atoms with van der Waals surface area (Å²) in [6, 6.07) is 11.8. The summed E-state index contributed by atoms with van der Waals surface area (Å²) < 4.78 is 7.32. The number of ether oxygens (including phenoxy) is 1. The predicted octanol–water partition coefficient (Wildman–Crippen LogP) is 3.17. The Labute approximate surface area is 155 Å². The highest BCUT2D eigenvalue weighted by Crippen LogP contribution is 2.15. The maximum absolute atomic E-state index is 11.9. The topological polar surface area (TPSA) is 59.4 Å². The predicted molar refractivity (Wildman–Crippen MR) is 100 cm³/mol. The summed E-state index contributed by atoms with van der Waals surface area (Å²) >= 11 is 0. The molecule has 0 saturated heterocycles. The maximum Gasteiger partial charge on any atom is 0.407 e. The lowest BCUT2D eigenvalue weighted by Gasteiger charge is -2.21. The Balaban J connectivity index is 1.49. The Bertz CT molecular complexity index is 712. The van der Waals surface area contributed by atoms with Crippen LogP contribution in [0.5, 0.6) is 0 Å². The summed E-state index contributed by atoms with van der Waals surface area (Å²) in [7, 11) is 0. The third-order valence-corrected chi connectivity index (χ3v) is 4.39. The van der Waals surface area contributed by atoms with Crippen molar-refractivity contribution in [3.05, 3.63) is 53.3 Å². The van der Waals surface area contributed by atoms with Crippen molar-refractivity contribution in [1.29, 1.82) is 0 Å². The van der Waals surface area contributed by atoms with Crippen molar-refractivity contribution in [2.45, 2.75) is 46.5 Å². The first-order valence-corrected chi connectivity index (χ1v) is 9.32. The van der Waals surface area contributed by atoms with Crippen molar-refractivity contribution in [2.75, 3.05) is 13.1 Å². The molecule has 3 rings (SSSR count). The van der Waals surface area contributed by atoms with Gasteiger partial charge in [0.25, 0.3) is 0 Å². The maximum atomic E-state index is 11.9. The molecule has 0 radical (unpaired) electrons. The van der Waals surface area contributed by atoms with Gasteiger partial charge < -0.3 is 10.1 Å². The van der Waals surface area contributed by atoms with E-state index in [4.69, 9.17) is 4.74 Å². The van der Waals surface area contributed by atoms with Crippen molar-refractivity contribution in [3.8, 4) is 0 Å². The zero-order valence-electron chi connectivity index (χ0n) is 15.6. The van der Waals surface area contributed by atoms with E-state index in [-0.39, 0.29) is 6.61 Å². The molecule has 0 bridgehead atoms. The van der Waals surface area contributed by atoms with Gasteiger partial charge in [-0.25, -0.2) is 4.79 Å². The Hall–Kier alpha value is -2.34. The molecule has 1 N–H and O–H groups in total. The fourth-order valence-electron chi connectivity index (χ4n) is 3.28. The molecule has 0 atom stereocenters. The average Bonchev–Trinajstić information content (AvgIpc) is 2.91. The molecule has 1 aliphatic rings. The summed E-state index contributed by atoms with van der Waals surface area (Å²) in [5.74, 6) is 0.657. The van der Waals surface area contributed by atoms with Crippen LogP contribution in [0.4, 0.5) is 4.79 Å². The Morgan fingerprint density at radius 2 is 2.08 bits per heavy atom. The number of amides is 1. The molecule has 140 valence electrons. The fourth-order valence-corrected chi connectivity index (χ4v) is 3.28. The number of hydrogen-bond acceptors (Lipinski definition) is 4. The fraction of sp³-hybridized carbons (Fsp3) is 0.500. The van der Waals surface area contributed by atoms with Crippen molar-refractivity contribution < 1.29 is 9.53 Å². The molecule has 1 aromatic heterocycles. The average molecular weight is 356 g/mol. The van der Waals surface area contributed by atoms with E-state index in [2.05, 4.69) is 39.9 Å². The van der Waals surface area contributed by atoms with Crippen molar-refractivity contribution in [3.63, 3.8) is 0 Å². The molecule has 1 aromatic carbocycles. The number of benzene rings is 1. The zero-order valence-corrected chi connectivity index (χ0v) is 15.6. The second-order valence-corrected chi connectivity index (χ2v) is 7.25. The molecule has 1 aliphatic heterocycles. The van der Waals surface area contributed by atoms with Crippen LogP contribution in [0, 0.1) is 5.92 Å². The summed E-state index contributed by atoms with van der Waals surface area (Å²) in [6.45, 7) is 9.23. The van der Waals surface area contributed by atoms with E-state index in [9.17, 15) is 4.79 Å². The van der Waals surface area contributed by atoms with Crippen LogP contribution in [0.1, 0.15) is 37.2 Å². The first kappa shape index (κ1) is 18.5. The van der Waals surface area contributed by atoms with Gasteiger partial charge >= 0.3 is 6.09 Å². The van der Waals surface area contributed by atoms with Gasteiger partial charge in [0.05, 0.1) is 17.9 Å². The van der Waals surface area contributed by atoms with Crippen LogP contribution in [0.2, 0.25) is 0 Å². The van der Waals surface area contributed by atoms with Crippen molar-refractivity contribution >= 4 is 6.09 Å². The quantitative estimate of drug-likeness (QED) is 0.864. The summed E-state index contributed by atoms with van der Waals surface area (Å²) in [5.41, 5.74) is 3.07. The smallest absolute Gasteiger partial charge is 0.407 e. The second-order valence-electron chi connectivity index (χ2n) is 7.25. The molecule has 0 unspecified atom stereocenters. The first-order chi connectivity index (χ1) is 12.6. The Morgan fingerprint density at radius 1 is 1.27 bits per heavy atom. The Kier molecular flexibility index (Phi) is 6.28. The molecule has 6 nitrogen and oxygen atoms in total. The van der Waals surface area contributed by atoms with E-state index in [1.54, 1.807) is 0 Å². The van der Waals surface area contributed by atoms with E-state index in [0.717, 1.165) is 43.9 Å². The van der Waals surface area contributed by atoms with Gasteiger partial charge in [-0.1, -0.05) is 44.2 Å². The van der Waals surface area contributed by atoms with Crippen LogP contribution in [-0.2, 0) is 31.0 Å². The van der Waals surface area contributed by atoms with E-state index in [0.29, 0.717) is 12.5 Å². The van der Waals surface area contributed by atoms with E-state index in [1.165, 1.54) is 5.69 Å². The highest BCUT2D eigenvalue weighted by molar-refractivity contribution is 5.67. The molecule has 0 aliphatic carbocycles. The lowest BCUT2D eigenvalue weighted by molar-refractivity contribution is 0.139. The molecule has 2 heterocycles. The number of aryl methyl sites for hydroxylation is 1. The van der Waals surface area contributed by atoms with Gasteiger partial charge in [0.2, 0.25) is 0 Å². The number of aromatic nitrogens is 2. The van der Waals surface area contributed by atoms with E-state index >= 15 is 0 Å². The summed E-state index contributed by atoms with van der Waals surface area (Å²) in [6.07, 6.45) is 0.686. The van der Waals surface area contributed by atoms with Crippen molar-refractivity contribution in [2.24, 2.45) is 5.92 Å². The van der Waals surface area contributed by atoms with Gasteiger partial charge in [0, 0.05) is 26.2 Å². The van der Waals surface area contributed by atoms with Gasteiger partial charge in [-0.15, -0.1) is 0 Å². The number of nitrogens with zero attached hydrogens (tertiary/aromatic N) is 3. The minimum Gasteiger partial charge on any atom is -0.445 e. The van der Waals surface area contributed by atoms with E-state index in [1.807, 2.05) is 30.3 Å². The van der Waals surface area contributed by atoms with Crippen LogP contribution < -0.4 is 5.32 Å². The normalized spacial score (nSPS) is 14.7. The van der Waals surface area contributed by atoms with Gasteiger partial charge in [-0.05, 0) is 24.0 Å². The molecule has 1 amide bonds. The van der Waals surface area contributed by atoms with Gasteiger partial charge in [0.1, 0.15) is 6.61 Å². The van der Waals surface area contributed by atoms with Crippen LogP contribution in [0.3, 0.4) is 0 Å². The third kappa shape index (κ3) is 5.33. The molecular formula is C20H28N4O2. The summed E-state index contributed by atoms with van der Waals surface area (Å²) in [4.78, 5) is 14.4. The van der Waals surface area contributed by atoms with Crippen LogP contribution >= 0.6 is 0 Å². The van der Waals surface area contributed by atoms with Crippen LogP contribution in [-0.4, -0.2) is 33.9 Å². The standard InChI is InChI=1S/C20H28N4O2/c1-16(2)13-23-9-6-10-24-19(14-23)11-18(22-24)12-21-20(25)26-15-17-7-4-3-5-8-17/h3-5,7-8,11,16H,6,9-10,12-15H2,1-2H3,(H,21,25). The molecule has 0 saturated carbocycles. The number of nitrogens with one attached hydrogen (secondary N) is 1. The van der Waals surface area contributed by atoms with Gasteiger partial charge in [-0.2, -0.15) is 5.10 Å². The van der Waals surface area contributed by atoms with Gasteiger partial charge in [0.15, 0.2) is 0 Å². The number of carbonyl (C=O) groups is 1. The summed E-state index contributed by atoms with van der Waals surface area (Å²) in [5, 5.41) is 7.42. The molecule has 2 aromatic rings. The lowest BCUT2D eigenvalue weighted by Crippen LogP contribution is -2.27. The SMILES string of the molecule is CC(C)CN1CCCn2nc(CNC(=O)OCc3ccccc3)cc2C1. The monoisotopic (exact) mass is 356 g/mol. The van der Waals surface area contributed by atoms with E-state index < -0.39 is 6.09 Å². The highest BCUT2D eigenvalue weighted by atomic mass is 16.5. The lowest BCUT2D eigenvalue weighted by atomic mass is 10.2. The van der Waals surface area contributed by atoms with Crippen LogP contribution in [0.15, 0.2) is 36.4 Å². The zero-order chi connectivity index (χ0) is 18.4. The second kappa shape index (κ2) is 8.85. The number of carbonyl (C=O) groups excluding carboxylic acids is 1. The minimum atomic E-state index is -0.418. The molecule has 0 fully saturated rings. The number of alkyl carbamates (subject to hydrolysis) is 1. The van der Waals surface area contributed by atoms with Crippen LogP contribution in [0.25, 0.3) is 0 Å². The Morgan fingerprint density at radius 3 is 2.85 bits per heavy atom. The minimum absolute atomic E-state index is 0.274. The molecule has 6 heteroatoms. The van der Waals surface area contributed by atoms with Gasteiger partial charge in [-0.3, -0.25) is 9.58 Å². The molecular weight excluding hydrogens is 328 g/mol. The molecule has 26 heavy (non-hydrogen) atoms. The number of hydrogen-bond donors (Lipinski definition) is 1. The first-order valence-electron chi connectivity index (χ1n) is 9.32. The third-order valence-electron chi connectivity index (χ3n) is 4.39. The highest BCUT2D eigenvalue weighted by Gasteiger charge is 2.17.